The molecular weight excluding hydrogens is 411 g/mol. The molecule has 0 bridgehead atoms. The van der Waals surface area contributed by atoms with Crippen LogP contribution in [0.1, 0.15) is 49.1 Å². The molecule has 174 valence electrons. The van der Waals surface area contributed by atoms with Gasteiger partial charge in [-0.1, -0.05) is 6.42 Å². The molecule has 0 radical (unpaired) electrons. The number of aliphatic imine (C=N–C) groups is 1. The number of likely N-dealkylation sites (tertiary alicyclic amines) is 1. The summed E-state index contributed by atoms with van der Waals surface area (Å²) in [5, 5.41) is 6.69. The van der Waals surface area contributed by atoms with Gasteiger partial charge >= 0.3 is 0 Å². The van der Waals surface area contributed by atoms with Gasteiger partial charge in [0.1, 0.15) is 17.3 Å². The number of halogens is 1. The third-order valence-electron chi connectivity index (χ3n) is 5.91. The van der Waals surface area contributed by atoms with Crippen LogP contribution in [0.2, 0.25) is 0 Å². The molecule has 32 heavy (non-hydrogen) atoms. The van der Waals surface area contributed by atoms with Crippen LogP contribution < -0.4 is 15.4 Å². The number of nitrogens with one attached hydrogen (secondary N) is 2. The van der Waals surface area contributed by atoms with Crippen LogP contribution >= 0.6 is 0 Å². The Labute approximate surface area is 189 Å². The Hall–Kier alpha value is -2.58. The van der Waals surface area contributed by atoms with Crippen molar-refractivity contribution in [2.45, 2.75) is 45.3 Å². The van der Waals surface area contributed by atoms with E-state index in [0.29, 0.717) is 26.1 Å². The van der Waals surface area contributed by atoms with Crippen LogP contribution in [-0.4, -0.2) is 50.4 Å². The van der Waals surface area contributed by atoms with Crippen molar-refractivity contribution in [3.8, 4) is 5.75 Å². The minimum absolute atomic E-state index is 0.129. The maximum Gasteiger partial charge on any atom is 0.191 e. The molecule has 1 fully saturated rings. The number of furan rings is 1. The summed E-state index contributed by atoms with van der Waals surface area (Å²) in [7, 11) is 0. The van der Waals surface area contributed by atoms with Crippen LogP contribution in [0.4, 0.5) is 4.39 Å². The van der Waals surface area contributed by atoms with Gasteiger partial charge in [-0.25, -0.2) is 4.39 Å². The molecule has 4 rings (SSSR count). The second-order valence-electron chi connectivity index (χ2n) is 8.19. The fourth-order valence-corrected chi connectivity index (χ4v) is 4.37. The molecule has 2 aliphatic heterocycles. The predicted molar refractivity (Wildman–Crippen MR) is 121 cm³/mol. The Bertz CT molecular complexity index is 882. The van der Waals surface area contributed by atoms with E-state index >= 15 is 0 Å². The average molecular weight is 445 g/mol. The lowest BCUT2D eigenvalue weighted by atomic mass is 10.1. The number of piperidine rings is 1. The second-order valence-corrected chi connectivity index (χ2v) is 8.19. The molecule has 0 saturated carbocycles. The molecule has 0 spiro atoms. The maximum absolute atomic E-state index is 14.0. The van der Waals surface area contributed by atoms with Gasteiger partial charge in [0.05, 0.1) is 25.5 Å². The van der Waals surface area contributed by atoms with Crippen LogP contribution in [0.25, 0.3) is 0 Å². The summed E-state index contributed by atoms with van der Waals surface area (Å²) in [4.78, 5) is 7.31. The van der Waals surface area contributed by atoms with Crippen LogP contribution in [0.15, 0.2) is 39.9 Å². The first-order valence-electron chi connectivity index (χ1n) is 11.6. The summed E-state index contributed by atoms with van der Waals surface area (Å²) in [6, 6.07) is 7.12. The van der Waals surface area contributed by atoms with Crippen LogP contribution in [0.3, 0.4) is 0 Å². The highest BCUT2D eigenvalue weighted by Crippen LogP contribution is 2.29. The molecule has 1 atom stereocenters. The van der Waals surface area contributed by atoms with Crippen LogP contribution in [-0.2, 0) is 17.8 Å². The molecule has 1 aromatic carbocycles. The summed E-state index contributed by atoms with van der Waals surface area (Å²) in [6.07, 6.45) is 6.06. The van der Waals surface area contributed by atoms with Gasteiger partial charge in [-0.3, -0.25) is 9.89 Å². The van der Waals surface area contributed by atoms with Gasteiger partial charge < -0.3 is 24.5 Å². The molecule has 2 N–H and O–H groups in total. The normalized spacial score (nSPS) is 18.0. The van der Waals surface area contributed by atoms with Crippen molar-refractivity contribution in [1.29, 1.82) is 0 Å². The van der Waals surface area contributed by atoms with Gasteiger partial charge in [0.25, 0.3) is 0 Å². The van der Waals surface area contributed by atoms with Gasteiger partial charge in [0.2, 0.25) is 0 Å². The van der Waals surface area contributed by atoms with Crippen LogP contribution in [0, 0.1) is 5.82 Å². The van der Waals surface area contributed by atoms with Gasteiger partial charge in [0, 0.05) is 18.7 Å². The Morgan fingerprint density at radius 2 is 2.09 bits per heavy atom. The first kappa shape index (κ1) is 22.6. The van der Waals surface area contributed by atoms with E-state index in [4.69, 9.17) is 18.9 Å². The Morgan fingerprint density at radius 3 is 2.88 bits per heavy atom. The van der Waals surface area contributed by atoms with E-state index in [1.807, 2.05) is 19.1 Å². The van der Waals surface area contributed by atoms with E-state index in [1.165, 1.54) is 25.3 Å². The molecule has 0 aliphatic carbocycles. The highest BCUT2D eigenvalue weighted by Gasteiger charge is 2.24. The standard InChI is InChI=1S/C24H33FN4O3/c1-2-26-24(27-9-8-18-13-20(25)14-19-16-30-17-32-23(18)19)28-15-21(22-7-6-12-31-22)29-10-4-3-5-11-29/h6-7,12-14,21H,2-5,8-11,15-17H2,1H3,(H2,26,27,28). The topological polar surface area (TPSA) is 71.3 Å². The molecule has 1 aromatic heterocycles. The maximum atomic E-state index is 14.0. The quantitative estimate of drug-likeness (QED) is 0.479. The average Bonchev–Trinajstić information content (AvgIpc) is 3.34. The van der Waals surface area contributed by atoms with Gasteiger partial charge in [-0.2, -0.15) is 0 Å². The fourth-order valence-electron chi connectivity index (χ4n) is 4.37. The Kier molecular flexibility index (Phi) is 8.01. The number of rotatable bonds is 8. The molecular formula is C24H33FN4O3. The van der Waals surface area contributed by atoms with Crippen molar-refractivity contribution in [1.82, 2.24) is 15.5 Å². The number of hydrogen-bond acceptors (Lipinski definition) is 5. The van der Waals surface area contributed by atoms with E-state index in [9.17, 15) is 4.39 Å². The molecule has 8 heteroatoms. The summed E-state index contributed by atoms with van der Waals surface area (Å²) in [5.74, 6) is 2.17. The third-order valence-corrected chi connectivity index (χ3v) is 5.91. The highest BCUT2D eigenvalue weighted by atomic mass is 19.1. The minimum atomic E-state index is -0.267. The van der Waals surface area contributed by atoms with Crippen molar-refractivity contribution in [3.05, 3.63) is 53.2 Å². The molecule has 2 aliphatic rings. The highest BCUT2D eigenvalue weighted by molar-refractivity contribution is 5.79. The minimum Gasteiger partial charge on any atom is -0.468 e. The van der Waals surface area contributed by atoms with E-state index in [2.05, 4.69) is 15.5 Å². The zero-order valence-corrected chi connectivity index (χ0v) is 18.7. The number of ether oxygens (including phenoxy) is 2. The van der Waals surface area contributed by atoms with Gasteiger partial charge in [0.15, 0.2) is 12.8 Å². The zero-order valence-electron chi connectivity index (χ0n) is 18.7. The number of nitrogens with zero attached hydrogens (tertiary/aromatic N) is 2. The predicted octanol–water partition coefficient (Wildman–Crippen LogP) is 3.61. The number of benzene rings is 1. The lowest BCUT2D eigenvalue weighted by molar-refractivity contribution is -0.0172. The second kappa shape index (κ2) is 11.3. The summed E-state index contributed by atoms with van der Waals surface area (Å²) >= 11 is 0. The lowest BCUT2D eigenvalue weighted by Crippen LogP contribution is -2.40. The molecule has 7 nitrogen and oxygen atoms in total. The molecule has 2 aromatic rings. The number of fused-ring (bicyclic) bond motifs is 1. The fraction of sp³-hybridized carbons (Fsp3) is 0.542. The number of hydrogen-bond donors (Lipinski definition) is 2. The first-order valence-corrected chi connectivity index (χ1v) is 11.6. The van der Waals surface area contributed by atoms with E-state index in [0.717, 1.165) is 48.2 Å². The Balaban J connectivity index is 1.40. The molecule has 1 unspecified atom stereocenters. The van der Waals surface area contributed by atoms with Gasteiger partial charge in [-0.05, 0) is 69.1 Å². The molecule has 1 saturated heterocycles. The van der Waals surface area contributed by atoms with Crippen molar-refractivity contribution in [2.75, 3.05) is 39.5 Å². The third kappa shape index (κ3) is 5.81. The summed E-state index contributed by atoms with van der Waals surface area (Å²) in [6.45, 7) is 6.74. The summed E-state index contributed by atoms with van der Waals surface area (Å²) < 4.78 is 30.6. The Morgan fingerprint density at radius 1 is 1.22 bits per heavy atom. The van der Waals surface area contributed by atoms with Crippen molar-refractivity contribution < 1.29 is 18.3 Å². The largest absolute Gasteiger partial charge is 0.468 e. The lowest BCUT2D eigenvalue weighted by Gasteiger charge is -2.32. The SMILES string of the molecule is CCNC(=NCC(c1ccco1)N1CCCCC1)NCCc1cc(F)cc2c1OCOC2. The van der Waals surface area contributed by atoms with E-state index in [1.54, 1.807) is 12.3 Å². The van der Waals surface area contributed by atoms with Crippen molar-refractivity contribution in [3.63, 3.8) is 0 Å². The number of guanidine groups is 1. The smallest absolute Gasteiger partial charge is 0.191 e. The molecule has 0 amide bonds. The van der Waals surface area contributed by atoms with Gasteiger partial charge in [-0.15, -0.1) is 0 Å². The summed E-state index contributed by atoms with van der Waals surface area (Å²) in [5.41, 5.74) is 1.60. The van der Waals surface area contributed by atoms with Crippen LogP contribution in [0.5, 0.6) is 5.75 Å². The van der Waals surface area contributed by atoms with E-state index in [-0.39, 0.29) is 18.7 Å². The monoisotopic (exact) mass is 444 g/mol. The van der Waals surface area contributed by atoms with Crippen molar-refractivity contribution in [2.24, 2.45) is 4.99 Å². The first-order chi connectivity index (χ1) is 15.7. The zero-order chi connectivity index (χ0) is 22.2. The molecule has 3 heterocycles. The van der Waals surface area contributed by atoms with E-state index < -0.39 is 0 Å². The van der Waals surface area contributed by atoms with Crippen molar-refractivity contribution >= 4 is 5.96 Å².